The van der Waals surface area contributed by atoms with Gasteiger partial charge in [-0.05, 0) is 278 Å². The first-order chi connectivity index (χ1) is 61.0. The Balaban J connectivity index is 0.000000145. The van der Waals surface area contributed by atoms with E-state index >= 15 is 0 Å². The van der Waals surface area contributed by atoms with Crippen LogP contribution in [0, 0.1) is 197 Å². The number of carboxylic acid groups (broad SMARTS) is 3. The number of hydrogen-bond donors (Lipinski definition) is 7. The molecule has 27 heteroatoms. The van der Waals surface area contributed by atoms with Gasteiger partial charge in [-0.1, -0.05) is 192 Å². The van der Waals surface area contributed by atoms with Gasteiger partial charge in [0.05, 0.1) is 102 Å². The van der Waals surface area contributed by atoms with Gasteiger partial charge in [-0.2, -0.15) is 10.0 Å². The number of aliphatic carboxylic acids is 3. The van der Waals surface area contributed by atoms with Gasteiger partial charge < -0.3 is 60.9 Å². The number of hydrogen-bond acceptors (Lipinski definition) is 21. The van der Waals surface area contributed by atoms with Gasteiger partial charge in [0.25, 0.3) is 0 Å². The lowest BCUT2D eigenvalue weighted by atomic mass is 9.34. The minimum Gasteiger partial charge on any atom is -0.481 e. The van der Waals surface area contributed by atoms with Crippen LogP contribution in [0.25, 0.3) is 0 Å². The van der Waals surface area contributed by atoms with Crippen LogP contribution >= 0.6 is 0 Å². The number of nitrogens with two attached hydrogens (primary N) is 3. The molecule has 0 amide bonds. The molecule has 0 radical (unpaired) electrons. The van der Waals surface area contributed by atoms with Crippen molar-refractivity contribution in [3.63, 3.8) is 0 Å². The van der Waals surface area contributed by atoms with Crippen LogP contribution in [0.3, 0.4) is 0 Å². The van der Waals surface area contributed by atoms with Gasteiger partial charge in [0, 0.05) is 52.1 Å². The Hall–Kier alpha value is -5.52. The van der Waals surface area contributed by atoms with Gasteiger partial charge in [0.2, 0.25) is 0 Å². The van der Waals surface area contributed by atoms with Crippen molar-refractivity contribution in [3.8, 4) is 0 Å². The highest BCUT2D eigenvalue weighted by molar-refractivity contribution is 5.75. The van der Waals surface area contributed by atoms with E-state index in [1.807, 2.05) is 18.5 Å². The molecule has 15 aliphatic rings. The highest BCUT2D eigenvalue weighted by atomic mass is 16.5. The first-order valence-electron chi connectivity index (χ1n) is 50.7. The second-order valence-electron chi connectivity index (χ2n) is 49.3. The SMILES string of the molecule is CC(C)[C@@H](C)[C@@]1(C)CC[C@]2(C)[C@H]3CC[C@@H]4[C@@]5(COC[C@]4(C)[C@@H](OCCN)[C@H](C)C5)C3=CC[C@@]2(C)[C@@H]1C(=O)O.Cc1nn[nH]n1.Cc1nnn([C@@H]2C[C@@]34COC[C@@](C)([C@@H]3CC[C@H]3C4=CC[C@@]4(C)[C@H](C(=O)O)[C@@](C)([C@H](C)C(C)C)CC[C@]34C)[C@H]2OCCN)n1.Cc1nnnn1[C@@H]1C[C@@]23COC[C@@](C)([C@@H]2CC[C@H]2C3=CC[C@@]3(C)[C@H](C(=O)O)[C@@](C)([C@H](C)C(C)C)CC[C@]23C)[C@H]1OCCN. The van der Waals surface area contributed by atoms with Crippen molar-refractivity contribution < 1.29 is 58.1 Å². The van der Waals surface area contributed by atoms with Crippen LogP contribution in [0.4, 0.5) is 0 Å². The van der Waals surface area contributed by atoms with Gasteiger partial charge in [0.1, 0.15) is 11.9 Å². The lowest BCUT2D eigenvalue weighted by molar-refractivity contribution is -0.251. The highest BCUT2D eigenvalue weighted by Gasteiger charge is 2.77. The van der Waals surface area contributed by atoms with Crippen molar-refractivity contribution in [1.29, 1.82) is 0 Å². The Bertz CT molecular complexity index is 4690. The third-order valence-electron chi connectivity index (χ3n) is 43.0. The zero-order chi connectivity index (χ0) is 94.6. The Morgan fingerprint density at radius 2 is 0.808 bits per heavy atom. The summed E-state index contributed by atoms with van der Waals surface area (Å²) in [7, 11) is 0. The largest absolute Gasteiger partial charge is 0.481 e. The van der Waals surface area contributed by atoms with Crippen molar-refractivity contribution in [2.24, 2.45) is 193 Å². The minimum absolute atomic E-state index is 0.0139. The van der Waals surface area contributed by atoms with E-state index in [9.17, 15) is 29.7 Å². The smallest absolute Gasteiger partial charge is 0.307 e. The van der Waals surface area contributed by atoms with E-state index in [1.165, 1.54) is 17.6 Å². The molecule has 12 aliphatic carbocycles. The first kappa shape index (κ1) is 99.0. The Morgan fingerprint density at radius 1 is 0.454 bits per heavy atom. The van der Waals surface area contributed by atoms with Gasteiger partial charge in [-0.3, -0.25) is 14.4 Å². The van der Waals surface area contributed by atoms with Crippen LogP contribution in [0.15, 0.2) is 34.9 Å². The summed E-state index contributed by atoms with van der Waals surface area (Å²) in [6.45, 7) is 64.0. The molecule has 6 heterocycles. The predicted molar refractivity (Wildman–Crippen MR) is 498 cm³/mol. The molecule has 3 aromatic heterocycles. The number of aromatic nitrogens is 12. The number of rotatable bonds is 20. The van der Waals surface area contributed by atoms with Gasteiger partial charge >= 0.3 is 17.9 Å². The number of tetrazole rings is 3. The predicted octanol–water partition coefficient (Wildman–Crippen LogP) is 17.0. The summed E-state index contributed by atoms with van der Waals surface area (Å²) < 4.78 is 41.3. The van der Waals surface area contributed by atoms with Crippen molar-refractivity contribution in [2.75, 3.05) is 79.1 Å². The Kier molecular flexibility index (Phi) is 26.8. The lowest BCUT2D eigenvalue weighted by Crippen LogP contribution is -2.69. The number of fused-ring (bicyclic) bond motifs is 9. The van der Waals surface area contributed by atoms with Crippen LogP contribution in [0.2, 0.25) is 0 Å². The second-order valence-corrected chi connectivity index (χ2v) is 49.3. The van der Waals surface area contributed by atoms with Crippen molar-refractivity contribution >= 4 is 17.9 Å². The number of H-pyrrole nitrogens is 1. The molecule has 3 aromatic rings. The van der Waals surface area contributed by atoms with Crippen molar-refractivity contribution in [1.82, 2.24) is 61.0 Å². The second kappa shape index (κ2) is 35.2. The summed E-state index contributed by atoms with van der Waals surface area (Å²) >= 11 is 0. The molecular formula is C103H169N15O12. The molecule has 10 N–H and O–H groups in total. The lowest BCUT2D eigenvalue weighted by Gasteiger charge is -2.71. The monoisotopic (exact) mass is 1810 g/mol. The molecule has 6 bridgehead atoms. The third-order valence-corrected chi connectivity index (χ3v) is 43.0. The van der Waals surface area contributed by atoms with E-state index < -0.39 is 29.7 Å². The molecule has 0 aromatic carbocycles. The molecule has 18 rings (SSSR count). The molecular weight excluding hydrogens is 1640 g/mol. The summed E-state index contributed by atoms with van der Waals surface area (Å²) in [4.78, 5) is 41.7. The number of ether oxygens (including phenoxy) is 6. The van der Waals surface area contributed by atoms with Crippen LogP contribution in [-0.4, -0.2) is 192 Å². The fraction of sp³-hybridized carbons (Fsp3) is 0.883. The maximum atomic E-state index is 13.3. The fourth-order valence-corrected chi connectivity index (χ4v) is 35.4. The Morgan fingerprint density at radius 3 is 1.12 bits per heavy atom. The number of nitrogens with zero attached hydrogens (tertiary/aromatic N) is 11. The standard InChI is InChI=1S/2C34H55N5O4.C33H55NO4.C2H4N4/c1-20(2)21(3)30(5)13-14-32(7)23-9-10-26-31(6)18-42-19-34(26,24(23)11-12-33(32,8)27(30)29(40)41)17-25(28(31)43-16-15-35)39-22(4)36-37-38-39;1-20(2)21(3)30(5)13-14-32(7)23-9-10-26-31(6)18-42-19-34(26,24(23)11-12-33(32,8)27(30)29(40)41)17-25(28(31)43-16-15-35)39-37-22(4)36-38-39;1-20(2)22(4)29(5)13-14-31(7)23-9-10-25-30(6)18-37-19-33(25,17-21(3)27(30)38-16-15-34)24(23)11-12-32(31,8)26(29)28(35)36;1-2-3-5-6-4-2/h2*11,20-21,23,25-28H,9-10,12-19,35H2,1-8H3,(H,40,41);11,20-23,25-27H,9-10,12-19,34H2,1-8H3,(H,35,36);1H3,(H,3,4,5,6)/t2*21-,23+,25-,26+,27-,28+,30-,31+,32-,33+,34+;21-,22-,23+,25+,26-,27+,29-,30+,31-,32+,33+;/m111./s1. The summed E-state index contributed by atoms with van der Waals surface area (Å²) in [6.07, 6.45) is 25.5. The van der Waals surface area contributed by atoms with Crippen LogP contribution in [0.5, 0.6) is 0 Å². The molecule has 27 nitrogen and oxygen atoms in total. The topological polar surface area (TPSA) is 387 Å². The summed E-state index contributed by atoms with van der Waals surface area (Å²) in [6, 6.07) is -0.104. The molecule has 3 saturated heterocycles. The number of nitrogens with one attached hydrogen (secondary N) is 1. The van der Waals surface area contributed by atoms with E-state index in [1.54, 1.807) is 17.3 Å². The number of carbonyl (C=O) groups is 3. The van der Waals surface area contributed by atoms with Gasteiger partial charge in [0.15, 0.2) is 11.6 Å². The minimum atomic E-state index is -0.619. The van der Waals surface area contributed by atoms with Gasteiger partial charge in [-0.25, -0.2) is 4.68 Å². The van der Waals surface area contributed by atoms with E-state index in [-0.39, 0.29) is 118 Å². The van der Waals surface area contributed by atoms with E-state index in [0.717, 1.165) is 128 Å². The van der Waals surface area contributed by atoms with Gasteiger partial charge in [-0.15, -0.1) is 25.5 Å². The first-order valence-corrected chi connectivity index (χ1v) is 50.7. The van der Waals surface area contributed by atoms with Crippen LogP contribution < -0.4 is 17.2 Å². The maximum absolute atomic E-state index is 13.3. The maximum Gasteiger partial charge on any atom is 0.307 e. The number of carboxylic acids is 3. The average Bonchev–Trinajstić information content (AvgIpc) is 0.921. The number of allylic oxidation sites excluding steroid dienone is 3. The summed E-state index contributed by atoms with van der Waals surface area (Å²) in [5, 5.41) is 71.7. The van der Waals surface area contributed by atoms with Crippen molar-refractivity contribution in [3.05, 3.63) is 52.4 Å². The van der Waals surface area contributed by atoms with Crippen molar-refractivity contribution in [2.45, 2.75) is 319 Å². The average molecular weight is 1810 g/mol. The van der Waals surface area contributed by atoms with E-state index in [2.05, 4.69) is 217 Å². The fourth-order valence-electron chi connectivity index (χ4n) is 35.4. The van der Waals surface area contributed by atoms with Crippen LogP contribution in [-0.2, 0) is 42.8 Å². The molecule has 0 unspecified atom stereocenters. The molecule has 728 valence electrons. The number of aromatic amines is 1. The molecule has 9 saturated carbocycles. The zero-order valence-corrected chi connectivity index (χ0v) is 84.2. The van der Waals surface area contributed by atoms with Crippen LogP contribution in [0.1, 0.15) is 297 Å². The summed E-state index contributed by atoms with van der Waals surface area (Å²) in [5.41, 5.74) is 19.8. The molecule has 3 aliphatic heterocycles. The molecule has 12 fully saturated rings. The third kappa shape index (κ3) is 14.5. The molecule has 33 atom stereocenters. The van der Waals surface area contributed by atoms with E-state index in [0.29, 0.717) is 154 Å². The van der Waals surface area contributed by atoms with E-state index in [4.69, 9.17) is 50.7 Å². The Labute approximate surface area is 776 Å². The molecule has 0 spiro atoms. The molecule has 130 heavy (non-hydrogen) atoms. The number of aryl methyl sites for hydroxylation is 3. The normalized spacial score (nSPS) is 46.0. The quantitative estimate of drug-likeness (QED) is 0.0517. The highest BCUT2D eigenvalue weighted by Crippen LogP contribution is 2.81. The zero-order valence-electron chi connectivity index (χ0n) is 84.2. The summed E-state index contributed by atoms with van der Waals surface area (Å²) in [5.74, 6) is 4.39.